The van der Waals surface area contributed by atoms with Crippen molar-refractivity contribution in [1.29, 1.82) is 0 Å². The number of hydrogen-bond acceptors (Lipinski definition) is 12. The number of aliphatic hydroxyl groups is 2. The molecule has 14 heteroatoms. The van der Waals surface area contributed by atoms with Crippen molar-refractivity contribution in [2.75, 3.05) is 13.1 Å². The first kappa shape index (κ1) is 26.9. The molecule has 1 aromatic heterocycles. The van der Waals surface area contributed by atoms with Crippen LogP contribution in [0.4, 0.5) is 0 Å². The molecule has 9 N–H and O–H groups in total. The quantitative estimate of drug-likeness (QED) is 0.161. The SMILES string of the molecule is Cc1ccc(C(=O)NC[C@@H]2N=C(N)N3CC(NC(=O)c4cccc5c4CCCCC5)C(O)(O)C34NC(N)=NC24)nn1. The van der Waals surface area contributed by atoms with E-state index in [-0.39, 0.29) is 30.7 Å². The Hall–Kier alpha value is -4.30. The van der Waals surface area contributed by atoms with Crippen LogP contribution in [0.15, 0.2) is 40.3 Å². The smallest absolute Gasteiger partial charge is 0.271 e. The van der Waals surface area contributed by atoms with Crippen LogP contribution in [0.1, 0.15) is 56.9 Å². The molecule has 4 aliphatic rings. The standard InChI is InChI=1S/C27H34N10O4/c1-14-10-11-18(36-35-14)23(39)30-12-19-21-26(34-24(28)33-21)27(40,41)20(13-37(26)25(29)31-19)32-22(38)17-9-5-7-15-6-3-2-4-8-16(15)17/h5,7,9-11,19-21,40-41H,2-4,6,8,12-13H2,1H3,(H2,29,31)(H,30,39)(H,32,38)(H3,28,33,34)/t19-,20?,21?,26?/m0/s1. The van der Waals surface area contributed by atoms with Crippen molar-refractivity contribution in [3.05, 3.63) is 58.4 Å². The van der Waals surface area contributed by atoms with Gasteiger partial charge >= 0.3 is 0 Å². The van der Waals surface area contributed by atoms with Crippen LogP contribution < -0.4 is 27.4 Å². The predicted molar refractivity (Wildman–Crippen MR) is 149 cm³/mol. The summed E-state index contributed by atoms with van der Waals surface area (Å²) < 4.78 is 0. The highest BCUT2D eigenvalue weighted by molar-refractivity contribution is 5.97. The van der Waals surface area contributed by atoms with E-state index in [4.69, 9.17) is 11.5 Å². The zero-order valence-electron chi connectivity index (χ0n) is 22.7. The van der Waals surface area contributed by atoms with Crippen LogP contribution in [-0.4, -0.2) is 91.7 Å². The number of nitrogens with one attached hydrogen (secondary N) is 3. The van der Waals surface area contributed by atoms with Crippen LogP contribution in [0.2, 0.25) is 0 Å². The first-order valence-corrected chi connectivity index (χ1v) is 13.8. The van der Waals surface area contributed by atoms with E-state index in [2.05, 4.69) is 36.1 Å². The molecule has 1 aromatic carbocycles. The molecule has 14 nitrogen and oxygen atoms in total. The minimum absolute atomic E-state index is 0.00849. The second-order valence-corrected chi connectivity index (χ2v) is 11.0. The molecule has 2 amide bonds. The van der Waals surface area contributed by atoms with Gasteiger partial charge in [0.05, 0.1) is 11.7 Å². The molecule has 1 fully saturated rings. The second kappa shape index (κ2) is 9.96. The molecule has 4 atom stereocenters. The molecule has 1 saturated heterocycles. The van der Waals surface area contributed by atoms with Crippen LogP contribution in [0.25, 0.3) is 0 Å². The van der Waals surface area contributed by atoms with E-state index in [1.807, 2.05) is 12.1 Å². The van der Waals surface area contributed by atoms with Gasteiger partial charge in [-0.1, -0.05) is 18.6 Å². The van der Waals surface area contributed by atoms with Gasteiger partial charge in [-0.15, -0.1) is 5.10 Å². The van der Waals surface area contributed by atoms with Gasteiger partial charge < -0.3 is 42.5 Å². The van der Waals surface area contributed by atoms with Crippen molar-refractivity contribution < 1.29 is 19.8 Å². The molecular formula is C27H34N10O4. The molecule has 0 bridgehead atoms. The summed E-state index contributed by atoms with van der Waals surface area (Å²) in [6.45, 7) is 1.65. The number of amides is 2. The maximum Gasteiger partial charge on any atom is 0.271 e. The monoisotopic (exact) mass is 562 g/mol. The van der Waals surface area contributed by atoms with Crippen molar-refractivity contribution in [1.82, 2.24) is 31.0 Å². The molecule has 0 radical (unpaired) electrons. The summed E-state index contributed by atoms with van der Waals surface area (Å²) in [5, 5.41) is 39.7. The van der Waals surface area contributed by atoms with Gasteiger partial charge in [-0.25, -0.2) is 9.98 Å². The average molecular weight is 563 g/mol. The lowest BCUT2D eigenvalue weighted by Crippen LogP contribution is -2.78. The molecule has 4 heterocycles. The van der Waals surface area contributed by atoms with Crippen LogP contribution in [0.3, 0.4) is 0 Å². The Balaban J connectivity index is 1.25. The summed E-state index contributed by atoms with van der Waals surface area (Å²) in [7, 11) is 0. The Kier molecular flexibility index (Phi) is 6.53. The lowest BCUT2D eigenvalue weighted by atomic mass is 9.85. The number of carbonyl (C=O) groups is 2. The first-order valence-electron chi connectivity index (χ1n) is 13.8. The fourth-order valence-electron chi connectivity index (χ4n) is 6.47. The molecule has 1 aliphatic carbocycles. The van der Waals surface area contributed by atoms with Crippen molar-refractivity contribution in [2.45, 2.75) is 68.6 Å². The van der Waals surface area contributed by atoms with Crippen molar-refractivity contribution >= 4 is 23.7 Å². The summed E-state index contributed by atoms with van der Waals surface area (Å²) in [5.74, 6) is -3.51. The number of nitrogens with two attached hydrogens (primary N) is 2. The number of nitrogens with zero attached hydrogens (tertiary/aromatic N) is 5. The number of aliphatic imine (C=N–C) groups is 2. The molecule has 41 heavy (non-hydrogen) atoms. The molecule has 3 aliphatic heterocycles. The second-order valence-electron chi connectivity index (χ2n) is 11.0. The number of aromatic nitrogens is 2. The molecule has 2 aromatic rings. The lowest BCUT2D eigenvalue weighted by Gasteiger charge is -2.49. The van der Waals surface area contributed by atoms with Gasteiger partial charge in [0.2, 0.25) is 5.79 Å². The van der Waals surface area contributed by atoms with Gasteiger partial charge in [-0.2, -0.15) is 5.10 Å². The number of fused-ring (bicyclic) bond motifs is 1. The largest absolute Gasteiger partial charge is 0.370 e. The first-order chi connectivity index (χ1) is 19.6. The highest BCUT2D eigenvalue weighted by Gasteiger charge is 2.73. The average Bonchev–Trinajstić information content (AvgIpc) is 3.27. The van der Waals surface area contributed by atoms with Crippen molar-refractivity contribution in [2.24, 2.45) is 21.5 Å². The molecule has 216 valence electrons. The van der Waals surface area contributed by atoms with Gasteiger partial charge in [0.25, 0.3) is 11.8 Å². The number of hydrogen-bond donors (Lipinski definition) is 7. The number of aryl methyl sites for hydroxylation is 2. The molecule has 6 rings (SSSR count). The maximum absolute atomic E-state index is 13.6. The normalized spacial score (nSPS) is 27.8. The fraction of sp³-hybridized carbons (Fsp3) is 0.481. The highest BCUT2D eigenvalue weighted by atomic mass is 16.5. The van der Waals surface area contributed by atoms with Crippen molar-refractivity contribution in [3.8, 4) is 0 Å². The van der Waals surface area contributed by atoms with Gasteiger partial charge in [0.15, 0.2) is 23.3 Å². The summed E-state index contributed by atoms with van der Waals surface area (Å²) in [6, 6.07) is 5.96. The van der Waals surface area contributed by atoms with E-state index in [1.165, 1.54) is 4.90 Å². The summed E-state index contributed by atoms with van der Waals surface area (Å²) in [6.07, 6.45) is 4.86. The Morgan fingerprint density at radius 1 is 1.07 bits per heavy atom. The highest BCUT2D eigenvalue weighted by Crippen LogP contribution is 2.44. The summed E-state index contributed by atoms with van der Waals surface area (Å²) in [4.78, 5) is 36.7. The van der Waals surface area contributed by atoms with Gasteiger partial charge in [-0.3, -0.25) is 9.59 Å². The van der Waals surface area contributed by atoms with Crippen LogP contribution in [-0.2, 0) is 12.8 Å². The number of carbonyl (C=O) groups excluding carboxylic acids is 2. The Morgan fingerprint density at radius 2 is 1.88 bits per heavy atom. The Bertz CT molecular complexity index is 1440. The van der Waals surface area contributed by atoms with Crippen LogP contribution in [0, 0.1) is 6.92 Å². The third kappa shape index (κ3) is 4.34. The van der Waals surface area contributed by atoms with E-state index in [0.29, 0.717) is 11.3 Å². The van der Waals surface area contributed by atoms with Gasteiger partial charge in [0.1, 0.15) is 12.1 Å². The van der Waals surface area contributed by atoms with Crippen LogP contribution in [0.5, 0.6) is 0 Å². The summed E-state index contributed by atoms with van der Waals surface area (Å²) in [5.41, 5.74) is 14.1. The minimum atomic E-state index is -2.57. The Morgan fingerprint density at radius 3 is 2.66 bits per heavy atom. The number of rotatable bonds is 5. The zero-order chi connectivity index (χ0) is 28.9. The number of guanidine groups is 2. The van der Waals surface area contributed by atoms with Crippen LogP contribution >= 0.6 is 0 Å². The van der Waals surface area contributed by atoms with Gasteiger partial charge in [0, 0.05) is 18.7 Å². The fourth-order valence-corrected chi connectivity index (χ4v) is 6.47. The van der Waals surface area contributed by atoms with Gasteiger partial charge in [-0.05, 0) is 61.9 Å². The number of benzene rings is 1. The minimum Gasteiger partial charge on any atom is -0.370 e. The van der Waals surface area contributed by atoms with E-state index in [9.17, 15) is 19.8 Å². The topological polar surface area (TPSA) is 216 Å². The Labute approximate surface area is 236 Å². The third-order valence-corrected chi connectivity index (χ3v) is 8.50. The lowest BCUT2D eigenvalue weighted by molar-refractivity contribution is -0.230. The molecule has 1 spiro atoms. The third-order valence-electron chi connectivity index (χ3n) is 8.50. The van der Waals surface area contributed by atoms with E-state index in [0.717, 1.165) is 43.2 Å². The van der Waals surface area contributed by atoms with E-state index >= 15 is 0 Å². The zero-order valence-corrected chi connectivity index (χ0v) is 22.7. The molecule has 3 unspecified atom stereocenters. The maximum atomic E-state index is 13.6. The van der Waals surface area contributed by atoms with E-state index < -0.39 is 41.4 Å². The molecule has 0 saturated carbocycles. The van der Waals surface area contributed by atoms with E-state index in [1.54, 1.807) is 25.1 Å². The summed E-state index contributed by atoms with van der Waals surface area (Å²) >= 11 is 0. The van der Waals surface area contributed by atoms with Crippen molar-refractivity contribution in [3.63, 3.8) is 0 Å². The molecular weight excluding hydrogens is 528 g/mol. The predicted octanol–water partition coefficient (Wildman–Crippen LogP) is -1.74.